The van der Waals surface area contributed by atoms with Crippen LogP contribution in [0.5, 0.6) is 0 Å². The topological polar surface area (TPSA) is 40.5 Å². The van der Waals surface area contributed by atoms with E-state index >= 15 is 0 Å². The summed E-state index contributed by atoms with van der Waals surface area (Å²) in [5.74, 6) is 0.199. The summed E-state index contributed by atoms with van der Waals surface area (Å²) in [7, 11) is 0. The molecule has 2 nitrogen and oxygen atoms in total. The van der Waals surface area contributed by atoms with Crippen LogP contribution >= 0.6 is 0 Å². The van der Waals surface area contributed by atoms with Gasteiger partial charge in [0, 0.05) is 0 Å². The van der Waals surface area contributed by atoms with Gasteiger partial charge in [0.1, 0.15) is 0 Å². The first kappa shape index (κ1) is 8.92. The molecule has 2 N–H and O–H groups in total. The minimum Gasteiger partial charge on any atom is -0.391 e. The molecule has 0 radical (unpaired) electrons. The quantitative estimate of drug-likeness (QED) is 0.595. The Hall–Kier alpha value is -0.0800. The fourth-order valence-corrected chi connectivity index (χ4v) is 0.717. The summed E-state index contributed by atoms with van der Waals surface area (Å²) in [6.45, 7) is 5.53. The van der Waals surface area contributed by atoms with Crippen LogP contribution in [0.25, 0.3) is 0 Å². The molecule has 0 aliphatic carbocycles. The van der Waals surface area contributed by atoms with Crippen LogP contribution in [0.3, 0.4) is 0 Å². The van der Waals surface area contributed by atoms with E-state index in [0.717, 1.165) is 6.42 Å². The second kappa shape index (κ2) is 3.85. The van der Waals surface area contributed by atoms with Crippen LogP contribution in [0.1, 0.15) is 27.2 Å². The molecule has 0 saturated carbocycles. The van der Waals surface area contributed by atoms with E-state index in [2.05, 4.69) is 0 Å². The maximum Gasteiger partial charge on any atom is 0.0821 e. The van der Waals surface area contributed by atoms with Gasteiger partial charge in [0.05, 0.1) is 12.2 Å². The summed E-state index contributed by atoms with van der Waals surface area (Å²) in [5.41, 5.74) is 0. The predicted molar refractivity (Wildman–Crippen MR) is 37.1 cm³/mol. The monoisotopic (exact) mass is 132 g/mol. The van der Waals surface area contributed by atoms with Crippen molar-refractivity contribution in [2.75, 3.05) is 0 Å². The predicted octanol–water partition coefficient (Wildman–Crippen LogP) is 0.774. The Morgan fingerprint density at radius 3 is 1.78 bits per heavy atom. The van der Waals surface area contributed by atoms with Gasteiger partial charge < -0.3 is 10.2 Å². The highest BCUT2D eigenvalue weighted by Crippen LogP contribution is 2.09. The molecule has 0 spiro atoms. The lowest BCUT2D eigenvalue weighted by Gasteiger charge is -2.19. The summed E-state index contributed by atoms with van der Waals surface area (Å²) >= 11 is 0. The Morgan fingerprint density at radius 2 is 1.67 bits per heavy atom. The second-order valence-electron chi connectivity index (χ2n) is 2.62. The van der Waals surface area contributed by atoms with Gasteiger partial charge in [0.15, 0.2) is 0 Å². The van der Waals surface area contributed by atoms with Crippen molar-refractivity contribution in [2.45, 2.75) is 39.4 Å². The lowest BCUT2D eigenvalue weighted by molar-refractivity contribution is -0.00307. The first-order valence-corrected chi connectivity index (χ1v) is 3.45. The largest absolute Gasteiger partial charge is 0.391 e. The molecule has 0 saturated heterocycles. The van der Waals surface area contributed by atoms with E-state index in [1.54, 1.807) is 6.92 Å². The van der Waals surface area contributed by atoms with Gasteiger partial charge in [0.2, 0.25) is 0 Å². The zero-order valence-electron chi connectivity index (χ0n) is 6.33. The summed E-state index contributed by atoms with van der Waals surface area (Å²) in [6, 6.07) is 0. The van der Waals surface area contributed by atoms with Gasteiger partial charge in [0.25, 0.3) is 0 Å². The van der Waals surface area contributed by atoms with Gasteiger partial charge in [-0.05, 0) is 12.8 Å². The van der Waals surface area contributed by atoms with E-state index in [-0.39, 0.29) is 5.92 Å². The Kier molecular flexibility index (Phi) is 3.82. The van der Waals surface area contributed by atoms with Crippen molar-refractivity contribution in [1.29, 1.82) is 0 Å². The van der Waals surface area contributed by atoms with Gasteiger partial charge in [-0.3, -0.25) is 0 Å². The highest BCUT2D eigenvalue weighted by molar-refractivity contribution is 4.67. The maximum atomic E-state index is 9.14. The van der Waals surface area contributed by atoms with Gasteiger partial charge in [-0.2, -0.15) is 0 Å². The van der Waals surface area contributed by atoms with Crippen LogP contribution in [-0.2, 0) is 0 Å². The van der Waals surface area contributed by atoms with Crippen LogP contribution in [0.15, 0.2) is 0 Å². The van der Waals surface area contributed by atoms with Crippen molar-refractivity contribution in [1.82, 2.24) is 0 Å². The Balaban J connectivity index is 3.58. The van der Waals surface area contributed by atoms with Crippen molar-refractivity contribution < 1.29 is 10.2 Å². The van der Waals surface area contributed by atoms with Gasteiger partial charge in [-0.15, -0.1) is 0 Å². The smallest absolute Gasteiger partial charge is 0.0821 e. The molecule has 0 aromatic rings. The van der Waals surface area contributed by atoms with Crippen LogP contribution in [0.2, 0.25) is 0 Å². The Labute approximate surface area is 56.5 Å². The molecule has 0 fully saturated rings. The first-order chi connectivity index (χ1) is 4.09. The number of rotatable bonds is 3. The Morgan fingerprint density at radius 1 is 1.22 bits per heavy atom. The zero-order valence-corrected chi connectivity index (χ0v) is 6.33. The van der Waals surface area contributed by atoms with Crippen molar-refractivity contribution in [3.05, 3.63) is 0 Å². The number of aliphatic hydroxyl groups is 2. The van der Waals surface area contributed by atoms with E-state index in [1.807, 2.05) is 13.8 Å². The highest BCUT2D eigenvalue weighted by atomic mass is 16.3. The fourth-order valence-electron chi connectivity index (χ4n) is 0.717. The molecule has 0 rings (SSSR count). The molecule has 0 aromatic heterocycles. The van der Waals surface area contributed by atoms with E-state index in [4.69, 9.17) is 10.2 Å². The lowest BCUT2D eigenvalue weighted by Crippen LogP contribution is -2.29. The molecular weight excluding hydrogens is 116 g/mol. The first-order valence-electron chi connectivity index (χ1n) is 3.45. The molecule has 3 atom stereocenters. The van der Waals surface area contributed by atoms with Crippen LogP contribution in [0.4, 0.5) is 0 Å². The summed E-state index contributed by atoms with van der Waals surface area (Å²) in [5, 5.41) is 18.0. The third kappa shape index (κ3) is 2.82. The lowest BCUT2D eigenvalue weighted by atomic mass is 9.98. The molecule has 56 valence electrons. The van der Waals surface area contributed by atoms with Gasteiger partial charge >= 0.3 is 0 Å². The molecule has 2 heteroatoms. The molecule has 0 aliphatic heterocycles. The van der Waals surface area contributed by atoms with Gasteiger partial charge in [-0.25, -0.2) is 0 Å². The highest BCUT2D eigenvalue weighted by Gasteiger charge is 2.16. The summed E-state index contributed by atoms with van der Waals surface area (Å²) < 4.78 is 0. The van der Waals surface area contributed by atoms with Gasteiger partial charge in [-0.1, -0.05) is 20.3 Å². The van der Waals surface area contributed by atoms with E-state index in [9.17, 15) is 0 Å². The molecule has 0 amide bonds. The average molecular weight is 132 g/mol. The summed E-state index contributed by atoms with van der Waals surface area (Å²) in [4.78, 5) is 0. The van der Waals surface area contributed by atoms with Crippen LogP contribution in [0, 0.1) is 5.92 Å². The standard InChI is InChI=1S/C7H16O2/c1-4-5(2)7(9)6(3)8/h5-9H,4H2,1-3H3/t5-,6+,7+/m0/s1. The van der Waals surface area contributed by atoms with Crippen molar-refractivity contribution >= 4 is 0 Å². The third-order valence-electron chi connectivity index (χ3n) is 1.72. The third-order valence-corrected chi connectivity index (χ3v) is 1.72. The van der Waals surface area contributed by atoms with E-state index in [0.29, 0.717) is 0 Å². The molecule has 0 unspecified atom stereocenters. The minimum absolute atomic E-state index is 0.199. The Bertz CT molecular complexity index is 71.3. The normalized spacial score (nSPS) is 21.0. The molecule has 9 heavy (non-hydrogen) atoms. The van der Waals surface area contributed by atoms with Crippen LogP contribution < -0.4 is 0 Å². The molecule has 0 bridgehead atoms. The van der Waals surface area contributed by atoms with E-state index in [1.165, 1.54) is 0 Å². The maximum absolute atomic E-state index is 9.14. The summed E-state index contributed by atoms with van der Waals surface area (Å²) in [6.07, 6.45) is -0.249. The SMILES string of the molecule is CC[C@H](C)[C@@H](O)[C@@H](C)O. The molecular formula is C7H16O2. The number of hydrogen-bond donors (Lipinski definition) is 2. The molecule has 0 heterocycles. The van der Waals surface area contributed by atoms with Crippen molar-refractivity contribution in [3.8, 4) is 0 Å². The minimum atomic E-state index is -0.597. The second-order valence-corrected chi connectivity index (χ2v) is 2.62. The molecule has 0 aromatic carbocycles. The fraction of sp³-hybridized carbons (Fsp3) is 1.00. The average Bonchev–Trinajstić information content (AvgIpc) is 1.84. The molecule has 0 aliphatic rings. The van der Waals surface area contributed by atoms with E-state index < -0.39 is 12.2 Å². The number of aliphatic hydroxyl groups excluding tert-OH is 2. The van der Waals surface area contributed by atoms with Crippen LogP contribution in [-0.4, -0.2) is 22.4 Å². The zero-order chi connectivity index (χ0) is 7.44. The van der Waals surface area contributed by atoms with Crippen molar-refractivity contribution in [2.24, 2.45) is 5.92 Å². The van der Waals surface area contributed by atoms with Crippen molar-refractivity contribution in [3.63, 3.8) is 0 Å². The number of hydrogen-bond acceptors (Lipinski definition) is 2.